The van der Waals surface area contributed by atoms with E-state index >= 15 is 0 Å². The van der Waals surface area contributed by atoms with Gasteiger partial charge < -0.3 is 4.74 Å². The molecular weight excluding hydrogens is 188 g/mol. The van der Waals surface area contributed by atoms with Crippen LogP contribution in [0.15, 0.2) is 0 Å². The van der Waals surface area contributed by atoms with Crippen molar-refractivity contribution in [2.75, 3.05) is 0 Å². The first-order valence-corrected chi connectivity index (χ1v) is 6.11. The zero-order valence-corrected chi connectivity index (χ0v) is 10.3. The van der Waals surface area contributed by atoms with Crippen molar-refractivity contribution in [2.45, 2.75) is 59.5 Å². The van der Waals surface area contributed by atoms with E-state index < -0.39 is 0 Å². The SMILES string of the molecule is CCC(=O)OC1CC2CC[C@]1(C)C2(C)C. The van der Waals surface area contributed by atoms with Crippen molar-refractivity contribution in [3.05, 3.63) is 0 Å². The van der Waals surface area contributed by atoms with Crippen molar-refractivity contribution in [3.8, 4) is 0 Å². The van der Waals surface area contributed by atoms with Crippen molar-refractivity contribution in [1.82, 2.24) is 0 Å². The second-order valence-corrected chi connectivity index (χ2v) is 5.94. The molecule has 0 saturated heterocycles. The van der Waals surface area contributed by atoms with Gasteiger partial charge in [0.2, 0.25) is 0 Å². The van der Waals surface area contributed by atoms with Gasteiger partial charge in [0.25, 0.3) is 0 Å². The number of ether oxygens (including phenoxy) is 1. The molecule has 0 aliphatic heterocycles. The third-order valence-electron chi connectivity index (χ3n) is 5.28. The van der Waals surface area contributed by atoms with Crippen LogP contribution in [0, 0.1) is 16.7 Å². The van der Waals surface area contributed by atoms with Crippen LogP contribution in [0.4, 0.5) is 0 Å². The molecule has 0 heterocycles. The van der Waals surface area contributed by atoms with Gasteiger partial charge in [-0.3, -0.25) is 4.79 Å². The summed E-state index contributed by atoms with van der Waals surface area (Å²) in [5.74, 6) is 0.710. The van der Waals surface area contributed by atoms with Gasteiger partial charge in [0.1, 0.15) is 6.10 Å². The third kappa shape index (κ3) is 1.33. The molecular formula is C13H22O2. The molecule has 0 radical (unpaired) electrons. The fraction of sp³-hybridized carbons (Fsp3) is 0.923. The molecule has 2 nitrogen and oxygen atoms in total. The van der Waals surface area contributed by atoms with Crippen molar-refractivity contribution < 1.29 is 9.53 Å². The quantitative estimate of drug-likeness (QED) is 0.654. The van der Waals surface area contributed by atoms with Gasteiger partial charge in [-0.25, -0.2) is 0 Å². The Morgan fingerprint density at radius 2 is 2.07 bits per heavy atom. The Kier molecular flexibility index (Phi) is 2.36. The summed E-state index contributed by atoms with van der Waals surface area (Å²) in [6, 6.07) is 0. The monoisotopic (exact) mass is 210 g/mol. The molecule has 86 valence electrons. The van der Waals surface area contributed by atoms with E-state index in [0.717, 1.165) is 12.3 Å². The first-order valence-electron chi connectivity index (χ1n) is 6.11. The predicted molar refractivity (Wildman–Crippen MR) is 59.4 cm³/mol. The predicted octanol–water partition coefficient (Wildman–Crippen LogP) is 3.15. The third-order valence-corrected chi connectivity index (χ3v) is 5.28. The lowest BCUT2D eigenvalue weighted by molar-refractivity contribution is -0.156. The van der Waals surface area contributed by atoms with Crippen molar-refractivity contribution in [3.63, 3.8) is 0 Å². The fourth-order valence-corrected chi connectivity index (χ4v) is 3.55. The number of hydrogen-bond acceptors (Lipinski definition) is 2. The van der Waals surface area contributed by atoms with Gasteiger partial charge in [-0.05, 0) is 30.6 Å². The summed E-state index contributed by atoms with van der Waals surface area (Å²) in [5, 5.41) is 0. The molecule has 0 amide bonds. The average Bonchev–Trinajstić information content (AvgIpc) is 2.50. The van der Waals surface area contributed by atoms with Crippen LogP contribution >= 0.6 is 0 Å². The summed E-state index contributed by atoms with van der Waals surface area (Å²) < 4.78 is 5.59. The molecule has 2 saturated carbocycles. The standard InChI is InChI=1S/C13H22O2/c1-5-11(14)15-10-8-9-6-7-13(10,4)12(9,2)3/h9-10H,5-8H2,1-4H3/t9?,10?,13-/m0/s1. The molecule has 0 aromatic carbocycles. The van der Waals surface area contributed by atoms with Crippen LogP contribution < -0.4 is 0 Å². The molecule has 2 aliphatic carbocycles. The molecule has 0 aromatic rings. The topological polar surface area (TPSA) is 26.3 Å². The average molecular weight is 210 g/mol. The molecule has 2 unspecified atom stereocenters. The number of esters is 1. The minimum Gasteiger partial charge on any atom is -0.462 e. The van der Waals surface area contributed by atoms with Gasteiger partial charge in [-0.1, -0.05) is 27.7 Å². The van der Waals surface area contributed by atoms with Crippen molar-refractivity contribution in [1.29, 1.82) is 0 Å². The van der Waals surface area contributed by atoms with Crippen molar-refractivity contribution in [2.24, 2.45) is 16.7 Å². The normalized spacial score (nSPS) is 41.9. The molecule has 0 N–H and O–H groups in total. The summed E-state index contributed by atoms with van der Waals surface area (Å²) in [4.78, 5) is 11.4. The van der Waals surface area contributed by atoms with E-state index in [1.807, 2.05) is 6.92 Å². The smallest absolute Gasteiger partial charge is 0.305 e. The highest BCUT2D eigenvalue weighted by Crippen LogP contribution is 2.66. The minimum atomic E-state index is -0.0374. The van der Waals surface area contributed by atoms with Crippen LogP contribution in [0.1, 0.15) is 53.4 Å². The number of fused-ring (bicyclic) bond motifs is 2. The van der Waals surface area contributed by atoms with Crippen molar-refractivity contribution >= 4 is 5.97 Å². The van der Waals surface area contributed by atoms with E-state index in [-0.39, 0.29) is 17.5 Å². The molecule has 2 fully saturated rings. The van der Waals surface area contributed by atoms with E-state index in [1.165, 1.54) is 12.8 Å². The van der Waals surface area contributed by atoms with E-state index in [2.05, 4.69) is 20.8 Å². The molecule has 2 rings (SSSR count). The van der Waals surface area contributed by atoms with Gasteiger partial charge >= 0.3 is 5.97 Å². The van der Waals surface area contributed by atoms with Gasteiger partial charge in [0.05, 0.1) is 0 Å². The van der Waals surface area contributed by atoms with Gasteiger partial charge in [0.15, 0.2) is 0 Å². The highest BCUT2D eigenvalue weighted by molar-refractivity contribution is 5.69. The van der Waals surface area contributed by atoms with Gasteiger partial charge in [0, 0.05) is 11.8 Å². The second-order valence-electron chi connectivity index (χ2n) is 5.94. The fourth-order valence-electron chi connectivity index (χ4n) is 3.55. The van der Waals surface area contributed by atoms with E-state index in [9.17, 15) is 4.79 Å². The molecule has 2 bridgehead atoms. The molecule has 2 heteroatoms. The molecule has 15 heavy (non-hydrogen) atoms. The number of carbonyl (C=O) groups is 1. The van der Waals surface area contributed by atoms with Gasteiger partial charge in [-0.15, -0.1) is 0 Å². The zero-order chi connectivity index (χ0) is 11.3. The largest absolute Gasteiger partial charge is 0.462 e. The lowest BCUT2D eigenvalue weighted by Crippen LogP contribution is -2.38. The first kappa shape index (κ1) is 11.0. The lowest BCUT2D eigenvalue weighted by Gasteiger charge is -2.38. The molecule has 3 atom stereocenters. The number of rotatable bonds is 2. The molecule has 0 spiro atoms. The Labute approximate surface area is 92.4 Å². The Bertz CT molecular complexity index is 282. The minimum absolute atomic E-state index is 0.0374. The van der Waals surface area contributed by atoms with Crippen LogP contribution in [0.25, 0.3) is 0 Å². The Morgan fingerprint density at radius 3 is 2.47 bits per heavy atom. The number of carbonyl (C=O) groups excluding carboxylic acids is 1. The summed E-state index contributed by atoms with van der Waals surface area (Å²) >= 11 is 0. The maximum atomic E-state index is 11.4. The Hall–Kier alpha value is -0.530. The van der Waals surface area contributed by atoms with Crippen LogP contribution in [0.3, 0.4) is 0 Å². The molecule has 2 aliphatic rings. The lowest BCUT2D eigenvalue weighted by atomic mass is 9.70. The number of hydrogen-bond donors (Lipinski definition) is 0. The highest BCUT2D eigenvalue weighted by Gasteiger charge is 2.62. The van der Waals surface area contributed by atoms with Crippen LogP contribution in [-0.4, -0.2) is 12.1 Å². The van der Waals surface area contributed by atoms with Crippen LogP contribution in [-0.2, 0) is 9.53 Å². The Morgan fingerprint density at radius 1 is 1.40 bits per heavy atom. The zero-order valence-electron chi connectivity index (χ0n) is 10.3. The second kappa shape index (κ2) is 3.23. The van der Waals surface area contributed by atoms with Gasteiger partial charge in [-0.2, -0.15) is 0 Å². The van der Waals surface area contributed by atoms with E-state index in [4.69, 9.17) is 4.74 Å². The Balaban J connectivity index is 2.15. The summed E-state index contributed by atoms with van der Waals surface area (Å²) in [5.41, 5.74) is 0.550. The van der Waals surface area contributed by atoms with Crippen LogP contribution in [0.2, 0.25) is 0 Å². The van der Waals surface area contributed by atoms with E-state index in [0.29, 0.717) is 11.8 Å². The highest BCUT2D eigenvalue weighted by atomic mass is 16.5. The molecule has 0 aromatic heterocycles. The summed E-state index contributed by atoms with van der Waals surface area (Å²) in [6.07, 6.45) is 4.27. The maximum Gasteiger partial charge on any atom is 0.305 e. The van der Waals surface area contributed by atoms with E-state index in [1.54, 1.807) is 0 Å². The summed E-state index contributed by atoms with van der Waals surface area (Å²) in [6.45, 7) is 8.84. The maximum absolute atomic E-state index is 11.4. The first-order chi connectivity index (χ1) is 6.91. The van der Waals surface area contributed by atoms with Crippen LogP contribution in [0.5, 0.6) is 0 Å². The summed E-state index contributed by atoms with van der Waals surface area (Å²) in [7, 11) is 0.